The van der Waals surface area contributed by atoms with E-state index < -0.39 is 0 Å². The molecule has 18 heavy (non-hydrogen) atoms. The molecule has 0 bridgehead atoms. The Morgan fingerprint density at radius 2 is 2.06 bits per heavy atom. The Kier molecular flexibility index (Phi) is 4.72. The number of ether oxygens (including phenoxy) is 1. The van der Waals surface area contributed by atoms with Crippen LogP contribution in [-0.2, 0) is 17.7 Å². The van der Waals surface area contributed by atoms with E-state index in [4.69, 9.17) is 4.74 Å². The van der Waals surface area contributed by atoms with Gasteiger partial charge in [0.2, 0.25) is 0 Å². The maximum atomic E-state index is 5.24. The molecule has 3 nitrogen and oxygen atoms in total. The maximum absolute atomic E-state index is 5.24. The van der Waals surface area contributed by atoms with Crippen LogP contribution in [-0.4, -0.2) is 35.7 Å². The molecule has 100 valence electrons. The summed E-state index contributed by atoms with van der Waals surface area (Å²) in [6.45, 7) is 10.3. The van der Waals surface area contributed by atoms with Crippen LogP contribution in [0.25, 0.3) is 0 Å². The van der Waals surface area contributed by atoms with Gasteiger partial charge in [0.05, 0.1) is 19.3 Å². The third-order valence-corrected chi connectivity index (χ3v) is 3.35. The lowest BCUT2D eigenvalue weighted by Crippen LogP contribution is -2.50. The van der Waals surface area contributed by atoms with E-state index >= 15 is 0 Å². The first-order valence-corrected chi connectivity index (χ1v) is 7.01. The summed E-state index contributed by atoms with van der Waals surface area (Å²) in [5, 5.41) is 0. The van der Waals surface area contributed by atoms with Gasteiger partial charge in [-0.2, -0.15) is 0 Å². The number of fused-ring (bicyclic) bond motifs is 1. The van der Waals surface area contributed by atoms with Crippen molar-refractivity contribution in [3.63, 3.8) is 0 Å². The molecule has 0 spiro atoms. The summed E-state index contributed by atoms with van der Waals surface area (Å²) in [6, 6.07) is 4.99. The van der Waals surface area contributed by atoms with E-state index in [1.54, 1.807) is 0 Å². The molecule has 1 saturated heterocycles. The Labute approximate surface area is 110 Å². The standard InChI is InChI=1S/C12H16N2O.C3H8/c1-9-2-3-10-6-14(11-7-15-8-11)5-4-12(10)13-9;1-3-2/h2-3,11H,4-8H2,1H3;3H2,1-2H3. The molecule has 0 saturated carbocycles. The molecule has 1 aromatic heterocycles. The quantitative estimate of drug-likeness (QED) is 0.764. The van der Waals surface area contributed by atoms with Crippen LogP contribution in [0.4, 0.5) is 0 Å². The zero-order valence-corrected chi connectivity index (χ0v) is 11.8. The summed E-state index contributed by atoms with van der Waals surface area (Å²) in [7, 11) is 0. The van der Waals surface area contributed by atoms with Gasteiger partial charge in [0.1, 0.15) is 0 Å². The lowest BCUT2D eigenvalue weighted by molar-refractivity contribution is -0.0696. The average Bonchev–Trinajstić information content (AvgIpc) is 2.28. The van der Waals surface area contributed by atoms with E-state index in [9.17, 15) is 0 Å². The first kappa shape index (κ1) is 13.5. The molecule has 0 aromatic carbocycles. The fourth-order valence-electron chi connectivity index (χ4n) is 2.29. The lowest BCUT2D eigenvalue weighted by atomic mass is 10.0. The molecular weight excluding hydrogens is 224 g/mol. The molecule has 0 atom stereocenters. The number of aryl methyl sites for hydroxylation is 1. The summed E-state index contributed by atoms with van der Waals surface area (Å²) in [5.74, 6) is 0. The van der Waals surface area contributed by atoms with E-state index in [-0.39, 0.29) is 0 Å². The van der Waals surface area contributed by atoms with Crippen molar-refractivity contribution in [2.24, 2.45) is 0 Å². The van der Waals surface area contributed by atoms with Gasteiger partial charge in [-0.1, -0.05) is 26.3 Å². The van der Waals surface area contributed by atoms with Crippen molar-refractivity contribution in [2.75, 3.05) is 19.8 Å². The van der Waals surface area contributed by atoms with Crippen molar-refractivity contribution in [1.82, 2.24) is 9.88 Å². The lowest BCUT2D eigenvalue weighted by Gasteiger charge is -2.39. The minimum absolute atomic E-state index is 0.652. The van der Waals surface area contributed by atoms with Gasteiger partial charge in [-0.3, -0.25) is 9.88 Å². The number of pyridine rings is 1. The molecule has 0 amide bonds. The normalized spacial score (nSPS) is 19.5. The summed E-state index contributed by atoms with van der Waals surface area (Å²) < 4.78 is 5.24. The molecule has 3 heteroatoms. The smallest absolute Gasteiger partial charge is 0.0645 e. The predicted octanol–water partition coefficient (Wildman–Crippen LogP) is 2.56. The van der Waals surface area contributed by atoms with Gasteiger partial charge in [-0.05, 0) is 18.6 Å². The average molecular weight is 248 g/mol. The number of aromatic nitrogens is 1. The molecular formula is C15H24N2O. The van der Waals surface area contributed by atoms with E-state index in [0.717, 1.165) is 38.4 Å². The Balaban J connectivity index is 0.000000367. The molecule has 0 N–H and O–H groups in total. The maximum Gasteiger partial charge on any atom is 0.0645 e. The van der Waals surface area contributed by atoms with Crippen LogP contribution in [0, 0.1) is 6.92 Å². The molecule has 3 heterocycles. The molecule has 0 radical (unpaired) electrons. The Bertz CT molecular complexity index is 388. The Hall–Kier alpha value is -0.930. The van der Waals surface area contributed by atoms with Crippen LogP contribution in [0.3, 0.4) is 0 Å². The van der Waals surface area contributed by atoms with Crippen molar-refractivity contribution >= 4 is 0 Å². The zero-order chi connectivity index (χ0) is 13.0. The van der Waals surface area contributed by atoms with Gasteiger partial charge in [-0.25, -0.2) is 0 Å². The van der Waals surface area contributed by atoms with E-state index in [1.165, 1.54) is 17.7 Å². The van der Waals surface area contributed by atoms with E-state index in [2.05, 4.69) is 42.8 Å². The third-order valence-electron chi connectivity index (χ3n) is 3.35. The summed E-state index contributed by atoms with van der Waals surface area (Å²) in [6.07, 6.45) is 2.34. The Morgan fingerprint density at radius 1 is 1.33 bits per heavy atom. The first-order chi connectivity index (χ1) is 8.74. The second-order valence-electron chi connectivity index (χ2n) is 5.18. The highest BCUT2D eigenvalue weighted by Gasteiger charge is 2.28. The van der Waals surface area contributed by atoms with Crippen LogP contribution < -0.4 is 0 Å². The first-order valence-electron chi connectivity index (χ1n) is 7.01. The summed E-state index contributed by atoms with van der Waals surface area (Å²) in [4.78, 5) is 7.11. The molecule has 1 aromatic rings. The molecule has 3 rings (SSSR count). The van der Waals surface area contributed by atoms with Gasteiger partial charge < -0.3 is 4.74 Å². The topological polar surface area (TPSA) is 25.4 Å². The van der Waals surface area contributed by atoms with Crippen molar-refractivity contribution in [3.8, 4) is 0 Å². The fourth-order valence-corrected chi connectivity index (χ4v) is 2.29. The third kappa shape index (κ3) is 3.09. The van der Waals surface area contributed by atoms with Gasteiger partial charge in [0.15, 0.2) is 0 Å². The van der Waals surface area contributed by atoms with Crippen molar-refractivity contribution < 1.29 is 4.74 Å². The molecule has 1 fully saturated rings. The minimum atomic E-state index is 0.652. The van der Waals surface area contributed by atoms with Crippen molar-refractivity contribution in [2.45, 2.75) is 46.2 Å². The highest BCUT2D eigenvalue weighted by atomic mass is 16.5. The van der Waals surface area contributed by atoms with Gasteiger partial charge >= 0.3 is 0 Å². The van der Waals surface area contributed by atoms with Crippen LogP contribution >= 0.6 is 0 Å². The second-order valence-corrected chi connectivity index (χ2v) is 5.18. The number of nitrogens with zero attached hydrogens (tertiary/aromatic N) is 2. The monoisotopic (exact) mass is 248 g/mol. The second kappa shape index (κ2) is 6.30. The summed E-state index contributed by atoms with van der Waals surface area (Å²) >= 11 is 0. The molecule has 0 aliphatic carbocycles. The highest BCUT2D eigenvalue weighted by Crippen LogP contribution is 2.21. The van der Waals surface area contributed by atoms with Crippen LogP contribution in [0.15, 0.2) is 12.1 Å². The van der Waals surface area contributed by atoms with Crippen molar-refractivity contribution in [3.05, 3.63) is 29.1 Å². The van der Waals surface area contributed by atoms with Crippen LogP contribution in [0.2, 0.25) is 0 Å². The van der Waals surface area contributed by atoms with Crippen molar-refractivity contribution in [1.29, 1.82) is 0 Å². The SMILES string of the molecule is CCC.Cc1ccc2c(n1)CCN(C1COC1)C2. The predicted molar refractivity (Wildman–Crippen MR) is 73.7 cm³/mol. The zero-order valence-electron chi connectivity index (χ0n) is 11.8. The van der Waals surface area contributed by atoms with Gasteiger partial charge in [0, 0.05) is 30.9 Å². The fraction of sp³-hybridized carbons (Fsp3) is 0.667. The number of hydrogen-bond acceptors (Lipinski definition) is 3. The van der Waals surface area contributed by atoms with Gasteiger partial charge in [0.25, 0.3) is 0 Å². The van der Waals surface area contributed by atoms with Crippen LogP contribution in [0.5, 0.6) is 0 Å². The molecule has 2 aliphatic rings. The number of rotatable bonds is 1. The minimum Gasteiger partial charge on any atom is -0.378 e. The van der Waals surface area contributed by atoms with E-state index in [1.807, 2.05) is 0 Å². The van der Waals surface area contributed by atoms with Crippen LogP contribution in [0.1, 0.15) is 37.2 Å². The van der Waals surface area contributed by atoms with Gasteiger partial charge in [-0.15, -0.1) is 0 Å². The highest BCUT2D eigenvalue weighted by molar-refractivity contribution is 5.25. The largest absolute Gasteiger partial charge is 0.378 e. The Morgan fingerprint density at radius 3 is 2.67 bits per heavy atom. The number of hydrogen-bond donors (Lipinski definition) is 0. The summed E-state index contributed by atoms with van der Waals surface area (Å²) in [5.41, 5.74) is 3.83. The molecule has 0 unspecified atom stereocenters. The van der Waals surface area contributed by atoms with E-state index in [0.29, 0.717) is 6.04 Å². The molecule has 2 aliphatic heterocycles.